The van der Waals surface area contributed by atoms with Crippen LogP contribution in [0, 0.1) is 11.8 Å². The molecule has 34 heavy (non-hydrogen) atoms. The molecule has 0 saturated heterocycles. The molecule has 4 aliphatic rings. The molecule has 2 bridgehead atoms. The minimum Gasteiger partial charge on any atom is -0.294 e. The van der Waals surface area contributed by atoms with E-state index in [1.807, 2.05) is 24.3 Å². The van der Waals surface area contributed by atoms with Crippen LogP contribution in [0.15, 0.2) is 97.1 Å². The number of carbonyl (C=O) groups is 2. The highest BCUT2D eigenvalue weighted by atomic mass is 16.1. The molecule has 0 saturated carbocycles. The lowest BCUT2D eigenvalue weighted by Gasteiger charge is -2.51. The van der Waals surface area contributed by atoms with Crippen molar-refractivity contribution in [3.05, 3.63) is 130 Å². The molecule has 0 N–H and O–H groups in total. The molecule has 2 heteroatoms. The van der Waals surface area contributed by atoms with Gasteiger partial charge in [-0.05, 0) is 43.8 Å². The number of hydrogen-bond acceptors (Lipinski definition) is 2. The van der Waals surface area contributed by atoms with E-state index in [0.29, 0.717) is 11.1 Å². The molecule has 0 aliphatic heterocycles. The average molecular weight is 437 g/mol. The molecule has 9 rings (SSSR count). The van der Waals surface area contributed by atoms with Gasteiger partial charge < -0.3 is 0 Å². The Morgan fingerprint density at radius 3 is 1.03 bits per heavy atom. The maximum atomic E-state index is 14.0. The summed E-state index contributed by atoms with van der Waals surface area (Å²) in [5, 5.41) is 4.73. The van der Waals surface area contributed by atoms with Crippen LogP contribution in [0.2, 0.25) is 0 Å². The van der Waals surface area contributed by atoms with Gasteiger partial charge in [-0.3, -0.25) is 9.59 Å². The van der Waals surface area contributed by atoms with Crippen molar-refractivity contribution < 1.29 is 9.59 Å². The second-order valence-electron chi connectivity index (χ2n) is 9.94. The molecule has 0 amide bonds. The predicted molar refractivity (Wildman–Crippen MR) is 134 cm³/mol. The third-order valence-electron chi connectivity index (χ3n) is 8.41. The van der Waals surface area contributed by atoms with Crippen molar-refractivity contribution in [3.8, 4) is 0 Å². The monoisotopic (exact) mass is 436 g/mol. The van der Waals surface area contributed by atoms with Gasteiger partial charge in [0.05, 0.1) is 0 Å². The van der Waals surface area contributed by atoms with Crippen molar-refractivity contribution in [3.63, 3.8) is 0 Å². The molecule has 0 heterocycles. The van der Waals surface area contributed by atoms with E-state index in [-0.39, 0.29) is 35.2 Å². The normalized spacial score (nSPS) is 24.0. The van der Waals surface area contributed by atoms with E-state index >= 15 is 0 Å². The number of rotatable bonds is 0. The van der Waals surface area contributed by atoms with Crippen LogP contribution in [0.25, 0.3) is 21.5 Å². The number of ketones is 2. The highest BCUT2D eigenvalue weighted by Crippen LogP contribution is 2.62. The Labute approximate surface area is 196 Å². The van der Waals surface area contributed by atoms with Crippen molar-refractivity contribution in [2.24, 2.45) is 11.8 Å². The second kappa shape index (κ2) is 6.30. The molecule has 0 spiro atoms. The van der Waals surface area contributed by atoms with Gasteiger partial charge in [0, 0.05) is 34.8 Å². The fraction of sp³-hybridized carbons (Fsp3) is 0.125. The van der Waals surface area contributed by atoms with Crippen molar-refractivity contribution in [2.75, 3.05) is 0 Å². The number of hydrogen-bond donors (Lipinski definition) is 0. The van der Waals surface area contributed by atoms with Gasteiger partial charge in [-0.15, -0.1) is 0 Å². The zero-order valence-electron chi connectivity index (χ0n) is 18.4. The van der Waals surface area contributed by atoms with Crippen LogP contribution in [0.4, 0.5) is 0 Å². The van der Waals surface area contributed by atoms with Gasteiger partial charge in [0.1, 0.15) is 0 Å². The molecule has 160 valence electrons. The molecular formula is C32H20O2. The molecule has 2 nitrogen and oxygen atoms in total. The Morgan fingerprint density at radius 2 is 0.706 bits per heavy atom. The maximum absolute atomic E-state index is 14.0. The van der Waals surface area contributed by atoms with Crippen LogP contribution < -0.4 is 0 Å². The largest absolute Gasteiger partial charge is 0.294 e. The minimum atomic E-state index is -0.352. The van der Waals surface area contributed by atoms with E-state index in [1.165, 1.54) is 43.8 Å². The summed E-state index contributed by atoms with van der Waals surface area (Å²) in [7, 11) is 0. The van der Waals surface area contributed by atoms with Crippen LogP contribution >= 0.6 is 0 Å². The minimum absolute atomic E-state index is 0.112. The number of fused-ring (bicyclic) bond motifs is 3. The summed E-state index contributed by atoms with van der Waals surface area (Å²) in [4.78, 5) is 28.0. The third kappa shape index (κ3) is 2.16. The molecule has 4 aliphatic carbocycles. The van der Waals surface area contributed by atoms with Crippen LogP contribution in [0.1, 0.15) is 54.8 Å². The average Bonchev–Trinajstić information content (AvgIpc) is 2.89. The van der Waals surface area contributed by atoms with Gasteiger partial charge in [0.15, 0.2) is 11.6 Å². The molecular weight excluding hydrogens is 416 g/mol. The lowest BCUT2D eigenvalue weighted by Crippen LogP contribution is -2.50. The SMILES string of the molecule is O=C1c2ccccc2C(=O)[C@H]2C3c4cc5ccccc5cc4C(c4cc5ccccc5cc43)[C@@H]12. The van der Waals surface area contributed by atoms with Crippen molar-refractivity contribution >= 4 is 33.1 Å². The molecule has 0 fully saturated rings. The van der Waals surface area contributed by atoms with Crippen LogP contribution in [-0.2, 0) is 0 Å². The van der Waals surface area contributed by atoms with E-state index in [4.69, 9.17) is 0 Å². The van der Waals surface area contributed by atoms with Gasteiger partial charge >= 0.3 is 0 Å². The Hall–Kier alpha value is -4.04. The van der Waals surface area contributed by atoms with Gasteiger partial charge in [-0.25, -0.2) is 0 Å². The fourth-order valence-corrected chi connectivity index (χ4v) is 7.05. The molecule has 5 aromatic carbocycles. The first kappa shape index (κ1) is 18.4. The second-order valence-corrected chi connectivity index (χ2v) is 9.94. The van der Waals surface area contributed by atoms with Crippen LogP contribution in [0.3, 0.4) is 0 Å². The van der Waals surface area contributed by atoms with E-state index in [2.05, 4.69) is 72.8 Å². The Morgan fingerprint density at radius 1 is 0.412 bits per heavy atom. The van der Waals surface area contributed by atoms with E-state index in [1.54, 1.807) is 0 Å². The van der Waals surface area contributed by atoms with Crippen LogP contribution in [-0.4, -0.2) is 11.6 Å². The summed E-state index contributed by atoms with van der Waals surface area (Å²) in [6.45, 7) is 0. The fourth-order valence-electron chi connectivity index (χ4n) is 7.05. The quantitative estimate of drug-likeness (QED) is 0.265. The van der Waals surface area contributed by atoms with Gasteiger partial charge in [-0.2, -0.15) is 0 Å². The number of benzene rings is 5. The summed E-state index contributed by atoms with van der Waals surface area (Å²) in [5.74, 6) is -0.692. The predicted octanol–water partition coefficient (Wildman–Crippen LogP) is 6.90. The van der Waals surface area contributed by atoms with E-state index in [9.17, 15) is 9.59 Å². The van der Waals surface area contributed by atoms with Crippen molar-refractivity contribution in [2.45, 2.75) is 11.8 Å². The van der Waals surface area contributed by atoms with E-state index in [0.717, 1.165) is 0 Å². The topological polar surface area (TPSA) is 34.1 Å². The lowest BCUT2D eigenvalue weighted by molar-refractivity contribution is 0.0664. The van der Waals surface area contributed by atoms with Crippen molar-refractivity contribution in [1.82, 2.24) is 0 Å². The Bertz CT molecular complexity index is 1510. The van der Waals surface area contributed by atoms with Gasteiger partial charge in [0.2, 0.25) is 0 Å². The highest BCUT2D eigenvalue weighted by Gasteiger charge is 2.57. The lowest BCUT2D eigenvalue weighted by atomic mass is 9.49. The van der Waals surface area contributed by atoms with Crippen molar-refractivity contribution in [1.29, 1.82) is 0 Å². The van der Waals surface area contributed by atoms with E-state index < -0.39 is 0 Å². The molecule has 0 aromatic heterocycles. The maximum Gasteiger partial charge on any atom is 0.168 e. The molecule has 5 aromatic rings. The molecule has 2 atom stereocenters. The first-order valence-electron chi connectivity index (χ1n) is 11.9. The zero-order valence-corrected chi connectivity index (χ0v) is 18.4. The summed E-state index contributed by atoms with van der Waals surface area (Å²) >= 11 is 0. The van der Waals surface area contributed by atoms with Crippen LogP contribution in [0.5, 0.6) is 0 Å². The summed E-state index contributed by atoms with van der Waals surface area (Å²) in [6, 6.07) is 33.3. The first-order chi connectivity index (χ1) is 16.7. The number of carbonyl (C=O) groups excluding carboxylic acids is 2. The standard InChI is InChI=1S/C32H20O2/c33-31-21-11-5-6-12-22(21)32(34)30-28-24-14-18-8-2-1-7-17(18)13-23(24)27(29(30)31)25-15-19-9-3-4-10-20(19)16-26(25)28/h1-16,27-30H/t27?,28?,29-,30+. The Kier molecular flexibility index (Phi) is 3.41. The van der Waals surface area contributed by atoms with Gasteiger partial charge in [-0.1, -0.05) is 97.1 Å². The first-order valence-corrected chi connectivity index (χ1v) is 11.9. The summed E-state index contributed by atoms with van der Waals surface area (Å²) < 4.78 is 0. The zero-order chi connectivity index (χ0) is 22.6. The smallest absolute Gasteiger partial charge is 0.168 e. The molecule has 0 radical (unpaired) electrons. The molecule has 0 unspecified atom stereocenters. The summed E-state index contributed by atoms with van der Waals surface area (Å²) in [6.07, 6.45) is 0. The number of Topliss-reactive ketones (excluding diaryl/α,β-unsaturated/α-hetero) is 2. The third-order valence-corrected chi connectivity index (χ3v) is 8.41. The highest BCUT2D eigenvalue weighted by molar-refractivity contribution is 6.17. The Balaban J connectivity index is 1.49. The summed E-state index contributed by atoms with van der Waals surface area (Å²) in [5.41, 5.74) is 6.04. The van der Waals surface area contributed by atoms with Gasteiger partial charge in [0.25, 0.3) is 0 Å².